The minimum absolute atomic E-state index is 0.0245. The van der Waals surface area contributed by atoms with Crippen molar-refractivity contribution in [3.63, 3.8) is 0 Å². The number of benzene rings is 2. The molecule has 1 aliphatic heterocycles. The quantitative estimate of drug-likeness (QED) is 0.0931. The molecule has 0 saturated carbocycles. The van der Waals surface area contributed by atoms with Crippen LogP contribution in [0.25, 0.3) is 22.2 Å². The average molecular weight is 669 g/mol. The summed E-state index contributed by atoms with van der Waals surface area (Å²) in [7, 11) is -1.34. The van der Waals surface area contributed by atoms with Gasteiger partial charge in [-0.3, -0.25) is 4.79 Å². The molecule has 4 aromatic rings. The molecule has 0 atom stereocenters. The van der Waals surface area contributed by atoms with Gasteiger partial charge in [0.1, 0.15) is 23.9 Å². The Morgan fingerprint density at radius 1 is 1.06 bits per heavy atom. The van der Waals surface area contributed by atoms with E-state index in [0.29, 0.717) is 49.3 Å². The van der Waals surface area contributed by atoms with Gasteiger partial charge in [0.15, 0.2) is 29.0 Å². The third-order valence-electron chi connectivity index (χ3n) is 8.14. The van der Waals surface area contributed by atoms with Crippen molar-refractivity contribution in [3.05, 3.63) is 71.8 Å². The molecule has 0 amide bonds. The molecular formula is C36H43F3N2O5Si. The topological polar surface area (TPSA) is 71.8 Å². The number of nitrogens with zero attached hydrogens (tertiary/aromatic N) is 2. The highest BCUT2D eigenvalue weighted by Crippen LogP contribution is 2.42. The van der Waals surface area contributed by atoms with Crippen LogP contribution in [0.15, 0.2) is 48.8 Å². The number of rotatable bonds is 15. The Labute approximate surface area is 275 Å². The number of hydrogen-bond acceptors (Lipinski definition) is 6. The number of halogens is 3. The van der Waals surface area contributed by atoms with Crippen molar-refractivity contribution >= 4 is 24.9 Å². The molecule has 1 aliphatic rings. The lowest BCUT2D eigenvalue weighted by Gasteiger charge is -2.37. The summed E-state index contributed by atoms with van der Waals surface area (Å²) in [6.07, 6.45) is 3.78. The number of pyridine rings is 1. The van der Waals surface area contributed by atoms with Crippen LogP contribution in [0.1, 0.15) is 39.2 Å². The van der Waals surface area contributed by atoms with Crippen LogP contribution in [-0.2, 0) is 27.4 Å². The number of ether oxygens (including phenoxy) is 4. The van der Waals surface area contributed by atoms with Gasteiger partial charge in [-0.25, -0.2) is 18.2 Å². The highest BCUT2D eigenvalue weighted by atomic mass is 28.3. The molecule has 2 aromatic heterocycles. The van der Waals surface area contributed by atoms with Crippen LogP contribution in [0, 0.1) is 22.9 Å². The maximum atomic E-state index is 15.9. The zero-order valence-corrected chi connectivity index (χ0v) is 28.9. The first-order chi connectivity index (χ1) is 22.2. The van der Waals surface area contributed by atoms with Gasteiger partial charge < -0.3 is 23.5 Å². The first kappa shape index (κ1) is 34.7. The van der Waals surface area contributed by atoms with Crippen molar-refractivity contribution in [1.82, 2.24) is 9.55 Å². The number of aromatic nitrogens is 2. The van der Waals surface area contributed by atoms with Crippen LogP contribution >= 0.6 is 0 Å². The number of ketones is 1. The predicted molar refractivity (Wildman–Crippen MR) is 178 cm³/mol. The molecule has 252 valence electrons. The van der Waals surface area contributed by atoms with Crippen molar-refractivity contribution in [3.8, 4) is 28.4 Å². The van der Waals surface area contributed by atoms with Gasteiger partial charge in [0, 0.05) is 56.5 Å². The Morgan fingerprint density at radius 2 is 1.79 bits per heavy atom. The van der Waals surface area contributed by atoms with E-state index in [-0.39, 0.29) is 53.1 Å². The van der Waals surface area contributed by atoms with Crippen LogP contribution in [0.2, 0.25) is 25.7 Å². The second-order valence-electron chi connectivity index (χ2n) is 14.2. The number of fused-ring (bicyclic) bond motifs is 1. The average Bonchev–Trinajstić information content (AvgIpc) is 3.34. The van der Waals surface area contributed by atoms with Crippen molar-refractivity contribution < 1.29 is 36.9 Å². The summed E-state index contributed by atoms with van der Waals surface area (Å²) in [5.74, 6) is -3.07. The van der Waals surface area contributed by atoms with Gasteiger partial charge in [-0.05, 0) is 56.1 Å². The van der Waals surface area contributed by atoms with Gasteiger partial charge in [0.25, 0.3) is 0 Å². The van der Waals surface area contributed by atoms with E-state index in [1.165, 1.54) is 12.3 Å². The summed E-state index contributed by atoms with van der Waals surface area (Å²) in [4.78, 5) is 17.1. The van der Waals surface area contributed by atoms with Crippen LogP contribution in [0.5, 0.6) is 17.2 Å². The predicted octanol–water partition coefficient (Wildman–Crippen LogP) is 8.94. The second-order valence-corrected chi connectivity index (χ2v) is 19.8. The molecule has 0 aliphatic carbocycles. The smallest absolute Gasteiger partial charge is 0.198 e. The molecular weight excluding hydrogens is 625 g/mol. The lowest BCUT2D eigenvalue weighted by molar-refractivity contribution is -0.125. The van der Waals surface area contributed by atoms with E-state index in [1.54, 1.807) is 42.8 Å². The Hall–Kier alpha value is -3.67. The third-order valence-corrected chi connectivity index (χ3v) is 9.85. The van der Waals surface area contributed by atoms with Gasteiger partial charge in [0.2, 0.25) is 0 Å². The fourth-order valence-electron chi connectivity index (χ4n) is 5.45. The van der Waals surface area contributed by atoms with E-state index in [0.717, 1.165) is 18.2 Å². The molecule has 2 aromatic carbocycles. The van der Waals surface area contributed by atoms with E-state index < -0.39 is 31.3 Å². The highest BCUT2D eigenvalue weighted by molar-refractivity contribution is 6.76. The van der Waals surface area contributed by atoms with Crippen LogP contribution in [-0.4, -0.2) is 49.3 Å². The second kappa shape index (κ2) is 14.2. The Bertz CT molecular complexity index is 1720. The van der Waals surface area contributed by atoms with Gasteiger partial charge in [-0.1, -0.05) is 38.7 Å². The van der Waals surface area contributed by atoms with E-state index in [4.69, 9.17) is 18.9 Å². The number of Topliss-reactive ketones (excluding diaryl/α,β-unsaturated/α-hetero) is 1. The largest absolute Gasteiger partial charge is 0.488 e. The fourth-order valence-corrected chi connectivity index (χ4v) is 6.21. The van der Waals surface area contributed by atoms with Gasteiger partial charge in [-0.2, -0.15) is 0 Å². The minimum Gasteiger partial charge on any atom is -0.488 e. The molecule has 0 bridgehead atoms. The first-order valence-corrected chi connectivity index (χ1v) is 19.7. The van der Waals surface area contributed by atoms with Crippen molar-refractivity contribution in [2.24, 2.45) is 5.41 Å². The summed E-state index contributed by atoms with van der Waals surface area (Å²) in [6.45, 7) is 14.3. The zero-order chi connectivity index (χ0) is 33.9. The van der Waals surface area contributed by atoms with Crippen molar-refractivity contribution in [2.75, 3.05) is 19.8 Å². The van der Waals surface area contributed by atoms with Gasteiger partial charge >= 0.3 is 0 Å². The summed E-state index contributed by atoms with van der Waals surface area (Å²) >= 11 is 0. The van der Waals surface area contributed by atoms with E-state index in [2.05, 4.69) is 31.5 Å². The molecule has 0 unspecified atom stereocenters. The zero-order valence-electron chi connectivity index (χ0n) is 27.9. The summed E-state index contributed by atoms with van der Waals surface area (Å²) < 4.78 is 71.4. The number of carbonyl (C=O) groups is 1. The number of hydrogen-bond donors (Lipinski definition) is 0. The third kappa shape index (κ3) is 8.44. The van der Waals surface area contributed by atoms with Crippen molar-refractivity contribution in [2.45, 2.75) is 78.6 Å². The highest BCUT2D eigenvalue weighted by Gasteiger charge is 2.33. The summed E-state index contributed by atoms with van der Waals surface area (Å²) in [6, 6.07) is 9.51. The minimum atomic E-state index is -1.34. The Kier molecular flexibility index (Phi) is 10.5. The molecule has 0 N–H and O–H groups in total. The molecule has 7 nitrogen and oxygen atoms in total. The molecule has 0 radical (unpaired) electrons. The van der Waals surface area contributed by atoms with E-state index in [1.807, 2.05) is 0 Å². The molecule has 1 saturated heterocycles. The number of carbonyl (C=O) groups excluding carboxylic acids is 1. The van der Waals surface area contributed by atoms with Crippen molar-refractivity contribution in [1.29, 1.82) is 0 Å². The standard InChI is InChI=1S/C36H43F3N2O5Si/c1-23(2)45-31-9-7-8-26(33(31)39)27-19-41(22-43-14-15-47(4,5)6)35-32(27)30(11-13-40-35)46-34-28(37)17-24(18-29(34)38)16-25(42)10-12-36(3)20-44-21-36/h7-9,11,13,17-19,23H,10,12,14-16,20-22H2,1-6H3. The van der Waals surface area contributed by atoms with E-state index >= 15 is 13.2 Å². The SMILES string of the molecule is CC(C)Oc1cccc(-c2cn(COCC[Si](C)(C)C)c3nccc(Oc4c(F)cc(CC(=O)CCC5(C)COC5)cc4F)c23)c1F. The van der Waals surface area contributed by atoms with Crippen LogP contribution in [0.4, 0.5) is 13.2 Å². The Balaban J connectivity index is 1.47. The molecule has 1 fully saturated rings. The summed E-state index contributed by atoms with van der Waals surface area (Å²) in [5, 5.41) is 0.355. The molecule has 0 spiro atoms. The summed E-state index contributed by atoms with van der Waals surface area (Å²) in [5.41, 5.74) is 1.21. The maximum absolute atomic E-state index is 15.9. The lowest BCUT2D eigenvalue weighted by atomic mass is 9.82. The normalized spacial score (nSPS) is 14.4. The van der Waals surface area contributed by atoms with Crippen LogP contribution < -0.4 is 9.47 Å². The first-order valence-electron chi connectivity index (χ1n) is 16.0. The van der Waals surface area contributed by atoms with Crippen LogP contribution in [0.3, 0.4) is 0 Å². The molecule has 5 rings (SSSR count). The molecule has 3 heterocycles. The maximum Gasteiger partial charge on any atom is 0.198 e. The fraction of sp³-hybridized carbons (Fsp3) is 0.444. The monoisotopic (exact) mass is 668 g/mol. The molecule has 11 heteroatoms. The van der Waals surface area contributed by atoms with Gasteiger partial charge in [0.05, 0.1) is 24.7 Å². The molecule has 47 heavy (non-hydrogen) atoms. The Morgan fingerprint density at radius 3 is 2.43 bits per heavy atom. The van der Waals surface area contributed by atoms with Gasteiger partial charge in [-0.15, -0.1) is 0 Å². The lowest BCUT2D eigenvalue weighted by Crippen LogP contribution is -2.40. The van der Waals surface area contributed by atoms with E-state index in [9.17, 15) is 4.79 Å².